The summed E-state index contributed by atoms with van der Waals surface area (Å²) in [6.45, 7) is 6.54. The smallest absolute Gasteiger partial charge is 0.344 e. The molecule has 26 heavy (non-hydrogen) atoms. The summed E-state index contributed by atoms with van der Waals surface area (Å²) in [5.41, 5.74) is 3.43. The van der Waals surface area contributed by atoms with Crippen molar-refractivity contribution in [1.82, 2.24) is 4.31 Å². The number of aryl methyl sites for hydroxylation is 3. The van der Waals surface area contributed by atoms with E-state index in [0.717, 1.165) is 27.2 Å². The number of hydrogen-bond donors (Lipinski definition) is 1. The zero-order valence-corrected chi connectivity index (χ0v) is 16.1. The second kappa shape index (κ2) is 7.28. The number of nitrogens with zero attached hydrogens (tertiary/aromatic N) is 2. The number of methoxy groups -OCH3 is 1. The van der Waals surface area contributed by atoms with E-state index in [4.69, 9.17) is 0 Å². The fourth-order valence-corrected chi connectivity index (χ4v) is 3.78. The lowest BCUT2D eigenvalue weighted by molar-refractivity contribution is -0.135. The summed E-state index contributed by atoms with van der Waals surface area (Å²) in [5, 5.41) is 2.72. The van der Waals surface area contributed by atoms with Crippen LogP contribution >= 0.6 is 0 Å². The molecule has 2 rings (SSSR count). The molecule has 1 aromatic rings. The van der Waals surface area contributed by atoms with Gasteiger partial charge in [0.25, 0.3) is 0 Å². The number of amides is 1. The molecule has 0 unspecified atom stereocenters. The topological polar surface area (TPSA) is 105 Å². The third kappa shape index (κ3) is 4.10. The van der Waals surface area contributed by atoms with Crippen molar-refractivity contribution in [3.8, 4) is 0 Å². The largest absolute Gasteiger partial charge is 0.465 e. The fraction of sp³-hybridized carbons (Fsp3) is 0.353. The van der Waals surface area contributed by atoms with Crippen LogP contribution in [-0.4, -0.2) is 44.0 Å². The number of ether oxygens (including phenoxy) is 1. The monoisotopic (exact) mass is 379 g/mol. The molecule has 1 aromatic carbocycles. The van der Waals surface area contributed by atoms with Gasteiger partial charge in [-0.2, -0.15) is 8.42 Å². The van der Waals surface area contributed by atoms with Crippen LogP contribution in [-0.2, 0) is 24.5 Å². The van der Waals surface area contributed by atoms with Gasteiger partial charge in [0.05, 0.1) is 18.4 Å². The quantitative estimate of drug-likeness (QED) is 0.801. The number of carbonyl (C=O) groups excluding carboxylic acids is 2. The number of hydrogen-bond acceptors (Lipinski definition) is 5. The van der Waals surface area contributed by atoms with E-state index in [9.17, 15) is 18.0 Å². The molecule has 0 aliphatic carbocycles. The van der Waals surface area contributed by atoms with Crippen LogP contribution in [0.25, 0.3) is 0 Å². The van der Waals surface area contributed by atoms with E-state index in [1.165, 1.54) is 14.0 Å². The minimum atomic E-state index is -4.09. The summed E-state index contributed by atoms with van der Waals surface area (Å²) in [7, 11) is -2.91. The van der Waals surface area contributed by atoms with Gasteiger partial charge in [0.15, 0.2) is 0 Å². The van der Waals surface area contributed by atoms with E-state index in [2.05, 4.69) is 14.5 Å². The Hall–Kier alpha value is -2.68. The Morgan fingerprint density at radius 3 is 2.27 bits per heavy atom. The molecule has 1 amide bonds. The van der Waals surface area contributed by atoms with Crippen molar-refractivity contribution < 1.29 is 22.7 Å². The summed E-state index contributed by atoms with van der Waals surface area (Å²) in [6, 6.07) is 3.84. The van der Waals surface area contributed by atoms with E-state index >= 15 is 0 Å². The SMILES string of the molecule is COC(=O)C1=CN(CC(=O)Nc2c(C)cc(C)cc2C)S(=O)(=O)N=C1C. The van der Waals surface area contributed by atoms with Crippen LogP contribution in [0.5, 0.6) is 0 Å². The highest BCUT2D eigenvalue weighted by Crippen LogP contribution is 2.22. The van der Waals surface area contributed by atoms with Crippen molar-refractivity contribution in [2.24, 2.45) is 4.40 Å². The van der Waals surface area contributed by atoms with E-state index in [1.54, 1.807) is 0 Å². The highest BCUT2D eigenvalue weighted by atomic mass is 32.2. The molecule has 0 radical (unpaired) electrons. The zero-order chi connectivity index (χ0) is 19.6. The van der Waals surface area contributed by atoms with Gasteiger partial charge in [-0.15, -0.1) is 4.40 Å². The number of rotatable bonds is 4. The molecule has 0 fully saturated rings. The molecule has 0 saturated carbocycles. The van der Waals surface area contributed by atoms with Crippen LogP contribution in [0, 0.1) is 20.8 Å². The van der Waals surface area contributed by atoms with Gasteiger partial charge in [-0.25, -0.2) is 9.10 Å². The maximum Gasteiger partial charge on any atom is 0.344 e. The Bertz CT molecular complexity index is 909. The van der Waals surface area contributed by atoms with Gasteiger partial charge >= 0.3 is 16.2 Å². The maximum atomic E-state index is 12.4. The second-order valence-corrected chi connectivity index (χ2v) is 7.60. The second-order valence-electron chi connectivity index (χ2n) is 6.06. The van der Waals surface area contributed by atoms with Crippen molar-refractivity contribution >= 4 is 33.5 Å². The van der Waals surface area contributed by atoms with Crippen LogP contribution in [0.1, 0.15) is 23.6 Å². The Morgan fingerprint density at radius 2 is 1.73 bits per heavy atom. The Morgan fingerprint density at radius 1 is 1.15 bits per heavy atom. The third-order valence-corrected chi connectivity index (χ3v) is 5.19. The van der Waals surface area contributed by atoms with Gasteiger partial charge in [0, 0.05) is 11.9 Å². The molecule has 140 valence electrons. The van der Waals surface area contributed by atoms with Crippen LogP contribution in [0.15, 0.2) is 28.3 Å². The molecular weight excluding hydrogens is 358 g/mol. The van der Waals surface area contributed by atoms with Gasteiger partial charge in [-0.3, -0.25) is 4.79 Å². The van der Waals surface area contributed by atoms with Crippen LogP contribution < -0.4 is 5.32 Å². The molecule has 8 nitrogen and oxygen atoms in total. The van der Waals surface area contributed by atoms with E-state index in [0.29, 0.717) is 5.69 Å². The molecule has 0 saturated heterocycles. The third-order valence-electron chi connectivity index (χ3n) is 3.86. The van der Waals surface area contributed by atoms with Crippen molar-refractivity contribution in [2.75, 3.05) is 19.0 Å². The lowest BCUT2D eigenvalue weighted by Crippen LogP contribution is -2.37. The standard InChI is InChI=1S/C17H21N3O5S/c1-10-6-11(2)16(12(3)7-10)18-15(21)9-20-8-14(17(22)25-5)13(4)19-26(20,23)24/h6-8H,9H2,1-5H3,(H,18,21). The summed E-state index contributed by atoms with van der Waals surface area (Å²) >= 11 is 0. The molecule has 0 spiro atoms. The van der Waals surface area contributed by atoms with Crippen molar-refractivity contribution in [2.45, 2.75) is 27.7 Å². The number of benzene rings is 1. The highest BCUT2D eigenvalue weighted by Gasteiger charge is 2.30. The Kier molecular flexibility index (Phi) is 5.50. The molecule has 0 atom stereocenters. The van der Waals surface area contributed by atoms with Gasteiger partial charge in [-0.05, 0) is 38.8 Å². The number of esters is 1. The van der Waals surface area contributed by atoms with Gasteiger partial charge in [0.1, 0.15) is 6.54 Å². The van der Waals surface area contributed by atoms with Gasteiger partial charge in [0.2, 0.25) is 5.91 Å². The molecule has 0 aromatic heterocycles. The minimum absolute atomic E-state index is 0.0127. The van der Waals surface area contributed by atoms with Crippen LogP contribution in [0.3, 0.4) is 0 Å². The predicted octanol–water partition coefficient (Wildman–Crippen LogP) is 1.63. The summed E-state index contributed by atoms with van der Waals surface area (Å²) in [5.74, 6) is -1.27. The summed E-state index contributed by atoms with van der Waals surface area (Å²) in [6.07, 6.45) is 1.07. The van der Waals surface area contributed by atoms with E-state index in [1.807, 2.05) is 32.9 Å². The van der Waals surface area contributed by atoms with Crippen molar-refractivity contribution in [3.63, 3.8) is 0 Å². The summed E-state index contributed by atoms with van der Waals surface area (Å²) < 4.78 is 33.2. The first-order chi connectivity index (χ1) is 12.0. The van der Waals surface area contributed by atoms with Crippen LogP contribution in [0.2, 0.25) is 0 Å². The van der Waals surface area contributed by atoms with Crippen molar-refractivity contribution in [1.29, 1.82) is 0 Å². The normalized spacial score (nSPS) is 15.8. The number of carbonyl (C=O) groups is 2. The molecule has 1 aliphatic rings. The van der Waals surface area contributed by atoms with Gasteiger partial charge < -0.3 is 10.1 Å². The zero-order valence-electron chi connectivity index (χ0n) is 15.3. The first-order valence-electron chi connectivity index (χ1n) is 7.81. The van der Waals surface area contributed by atoms with Crippen LogP contribution in [0.4, 0.5) is 5.69 Å². The van der Waals surface area contributed by atoms with E-state index in [-0.39, 0.29) is 11.3 Å². The maximum absolute atomic E-state index is 12.4. The lowest BCUT2D eigenvalue weighted by atomic mass is 10.1. The Balaban J connectivity index is 2.25. The highest BCUT2D eigenvalue weighted by molar-refractivity contribution is 7.88. The average Bonchev–Trinajstić information content (AvgIpc) is 2.52. The summed E-state index contributed by atoms with van der Waals surface area (Å²) in [4.78, 5) is 24.1. The molecule has 9 heteroatoms. The fourth-order valence-electron chi connectivity index (χ4n) is 2.71. The average molecular weight is 379 g/mol. The molecule has 1 heterocycles. The number of nitrogens with one attached hydrogen (secondary N) is 1. The number of anilines is 1. The molecule has 0 bridgehead atoms. The first kappa shape index (κ1) is 19.6. The lowest BCUT2D eigenvalue weighted by Gasteiger charge is -2.23. The van der Waals surface area contributed by atoms with E-state index < -0.39 is 28.6 Å². The molecule has 1 N–H and O–H groups in total. The Labute approximate surface area is 152 Å². The minimum Gasteiger partial charge on any atom is -0.465 e. The molecule has 1 aliphatic heterocycles. The van der Waals surface area contributed by atoms with Gasteiger partial charge in [-0.1, -0.05) is 17.7 Å². The first-order valence-corrected chi connectivity index (χ1v) is 9.21. The van der Waals surface area contributed by atoms with Crippen molar-refractivity contribution in [3.05, 3.63) is 40.6 Å². The molecular formula is C17H21N3O5S. The predicted molar refractivity (Wildman–Crippen MR) is 98.1 cm³/mol.